The van der Waals surface area contributed by atoms with Crippen molar-refractivity contribution in [1.29, 1.82) is 0 Å². The summed E-state index contributed by atoms with van der Waals surface area (Å²) < 4.78 is 0. The molecule has 0 radical (unpaired) electrons. The first-order valence-corrected chi connectivity index (χ1v) is 8.50. The highest BCUT2D eigenvalue weighted by atomic mass is 15.2. The number of hydrogen-bond acceptors (Lipinski definition) is 2. The van der Waals surface area contributed by atoms with E-state index in [4.69, 9.17) is 0 Å². The molecule has 1 aliphatic heterocycles. The molecule has 1 saturated heterocycles. The molecule has 1 N–H and O–H groups in total. The van der Waals surface area contributed by atoms with Gasteiger partial charge in [0.1, 0.15) is 0 Å². The Morgan fingerprint density at radius 1 is 1.05 bits per heavy atom. The molecule has 1 aliphatic rings. The lowest BCUT2D eigenvalue weighted by Gasteiger charge is -2.45. The molecule has 1 rings (SSSR count). The van der Waals surface area contributed by atoms with E-state index in [1.807, 2.05) is 0 Å². The van der Waals surface area contributed by atoms with Crippen molar-refractivity contribution < 1.29 is 0 Å². The van der Waals surface area contributed by atoms with Crippen LogP contribution in [0.3, 0.4) is 0 Å². The van der Waals surface area contributed by atoms with Gasteiger partial charge in [-0.1, -0.05) is 40.0 Å². The summed E-state index contributed by atoms with van der Waals surface area (Å²) in [7, 11) is 0. The molecule has 0 aromatic carbocycles. The Morgan fingerprint density at radius 3 is 2.11 bits per heavy atom. The predicted octanol–water partition coefficient (Wildman–Crippen LogP) is 4.06. The second-order valence-electron chi connectivity index (χ2n) is 6.91. The molecule has 1 heterocycles. The van der Waals surface area contributed by atoms with E-state index in [1.165, 1.54) is 51.6 Å². The molecule has 0 aromatic heterocycles. The van der Waals surface area contributed by atoms with E-state index in [-0.39, 0.29) is 5.54 Å². The summed E-state index contributed by atoms with van der Waals surface area (Å²) in [4.78, 5) is 2.75. The highest BCUT2D eigenvalue weighted by Crippen LogP contribution is 2.27. The van der Waals surface area contributed by atoms with Crippen LogP contribution in [0.4, 0.5) is 0 Å². The summed E-state index contributed by atoms with van der Waals surface area (Å²) in [6, 6.07) is 0.616. The second-order valence-corrected chi connectivity index (χ2v) is 6.91. The molecule has 2 atom stereocenters. The Morgan fingerprint density at radius 2 is 1.63 bits per heavy atom. The number of likely N-dealkylation sites (tertiary alicyclic amines) is 1. The van der Waals surface area contributed by atoms with Crippen LogP contribution >= 0.6 is 0 Å². The number of rotatable bonds is 7. The topological polar surface area (TPSA) is 15.3 Å². The summed E-state index contributed by atoms with van der Waals surface area (Å²) in [6.45, 7) is 15.5. The Hall–Kier alpha value is -0.0800. The molecule has 0 spiro atoms. The fourth-order valence-corrected chi connectivity index (χ4v) is 3.30. The highest BCUT2D eigenvalue weighted by Gasteiger charge is 2.35. The van der Waals surface area contributed by atoms with Gasteiger partial charge in [-0.15, -0.1) is 0 Å². The van der Waals surface area contributed by atoms with Crippen LogP contribution < -0.4 is 5.32 Å². The number of nitrogens with one attached hydrogen (secondary N) is 1. The van der Waals surface area contributed by atoms with Crippen molar-refractivity contribution in [2.45, 2.75) is 84.7 Å². The van der Waals surface area contributed by atoms with Gasteiger partial charge >= 0.3 is 0 Å². The van der Waals surface area contributed by atoms with E-state index < -0.39 is 0 Å². The van der Waals surface area contributed by atoms with Crippen molar-refractivity contribution in [3.05, 3.63) is 0 Å². The summed E-state index contributed by atoms with van der Waals surface area (Å²) in [5.74, 6) is 0.815. The average Bonchev–Trinajstić information content (AvgIpc) is 2.67. The first kappa shape index (κ1) is 17.0. The van der Waals surface area contributed by atoms with E-state index in [1.54, 1.807) is 0 Å². The SMILES string of the molecule is CCNC(CC(C)CC)C(C)(C)N1CCCCCC1. The average molecular weight is 268 g/mol. The van der Waals surface area contributed by atoms with Crippen LogP contribution in [-0.2, 0) is 0 Å². The molecule has 19 heavy (non-hydrogen) atoms. The Kier molecular flexibility index (Phi) is 7.38. The van der Waals surface area contributed by atoms with Crippen molar-refractivity contribution in [3.8, 4) is 0 Å². The van der Waals surface area contributed by atoms with Gasteiger partial charge in [-0.05, 0) is 58.7 Å². The van der Waals surface area contributed by atoms with E-state index in [0.717, 1.165) is 12.5 Å². The maximum absolute atomic E-state index is 3.76. The molecule has 114 valence electrons. The van der Waals surface area contributed by atoms with Gasteiger partial charge in [-0.25, -0.2) is 0 Å². The number of likely N-dealkylation sites (N-methyl/N-ethyl adjacent to an activating group) is 1. The minimum Gasteiger partial charge on any atom is -0.312 e. The number of nitrogens with zero attached hydrogens (tertiary/aromatic N) is 1. The van der Waals surface area contributed by atoms with Gasteiger partial charge in [-0.3, -0.25) is 4.90 Å². The van der Waals surface area contributed by atoms with Crippen LogP contribution in [0.2, 0.25) is 0 Å². The van der Waals surface area contributed by atoms with Crippen LogP contribution in [0.25, 0.3) is 0 Å². The third-order valence-corrected chi connectivity index (χ3v) is 5.06. The van der Waals surface area contributed by atoms with Crippen LogP contribution in [0.1, 0.15) is 73.1 Å². The normalized spacial score (nSPS) is 21.9. The highest BCUT2D eigenvalue weighted by molar-refractivity contribution is 4.94. The van der Waals surface area contributed by atoms with Crippen molar-refractivity contribution >= 4 is 0 Å². The monoisotopic (exact) mass is 268 g/mol. The number of hydrogen-bond donors (Lipinski definition) is 1. The van der Waals surface area contributed by atoms with Gasteiger partial charge in [0.15, 0.2) is 0 Å². The summed E-state index contributed by atoms with van der Waals surface area (Å²) in [5, 5.41) is 3.76. The molecule has 0 aliphatic carbocycles. The van der Waals surface area contributed by atoms with Crippen LogP contribution in [0.5, 0.6) is 0 Å². The molecule has 1 fully saturated rings. The third-order valence-electron chi connectivity index (χ3n) is 5.06. The van der Waals surface area contributed by atoms with E-state index >= 15 is 0 Å². The molecule has 2 unspecified atom stereocenters. The molecule has 2 nitrogen and oxygen atoms in total. The Balaban J connectivity index is 2.71. The van der Waals surface area contributed by atoms with Gasteiger partial charge < -0.3 is 5.32 Å². The van der Waals surface area contributed by atoms with Crippen molar-refractivity contribution in [2.75, 3.05) is 19.6 Å². The third kappa shape index (κ3) is 5.07. The zero-order valence-corrected chi connectivity index (χ0v) is 14.0. The Bertz CT molecular complexity index is 229. The fourth-order valence-electron chi connectivity index (χ4n) is 3.30. The van der Waals surface area contributed by atoms with Crippen molar-refractivity contribution in [1.82, 2.24) is 10.2 Å². The van der Waals surface area contributed by atoms with Gasteiger partial charge in [0.05, 0.1) is 0 Å². The minimum absolute atomic E-state index is 0.282. The maximum atomic E-state index is 3.76. The smallest absolute Gasteiger partial charge is 0.0306 e. The van der Waals surface area contributed by atoms with E-state index in [0.29, 0.717) is 6.04 Å². The van der Waals surface area contributed by atoms with E-state index in [9.17, 15) is 0 Å². The zero-order chi connectivity index (χ0) is 14.3. The van der Waals surface area contributed by atoms with Gasteiger partial charge in [0.2, 0.25) is 0 Å². The van der Waals surface area contributed by atoms with Crippen LogP contribution in [0.15, 0.2) is 0 Å². The van der Waals surface area contributed by atoms with Gasteiger partial charge in [0, 0.05) is 11.6 Å². The summed E-state index contributed by atoms with van der Waals surface area (Å²) in [5.41, 5.74) is 0.282. The predicted molar refractivity (Wildman–Crippen MR) is 85.7 cm³/mol. The first-order valence-electron chi connectivity index (χ1n) is 8.50. The van der Waals surface area contributed by atoms with Gasteiger partial charge in [-0.2, -0.15) is 0 Å². The van der Waals surface area contributed by atoms with Crippen molar-refractivity contribution in [3.63, 3.8) is 0 Å². The van der Waals surface area contributed by atoms with Crippen LogP contribution in [-0.4, -0.2) is 36.1 Å². The molecule has 0 saturated carbocycles. The van der Waals surface area contributed by atoms with E-state index in [2.05, 4.69) is 44.8 Å². The fraction of sp³-hybridized carbons (Fsp3) is 1.00. The first-order chi connectivity index (χ1) is 9.02. The lowest BCUT2D eigenvalue weighted by Crippen LogP contribution is -2.58. The maximum Gasteiger partial charge on any atom is 0.0306 e. The summed E-state index contributed by atoms with van der Waals surface area (Å²) in [6.07, 6.45) is 8.19. The quantitative estimate of drug-likeness (QED) is 0.749. The van der Waals surface area contributed by atoms with Crippen LogP contribution in [0, 0.1) is 5.92 Å². The standard InChI is InChI=1S/C17H36N2/c1-6-15(3)14-16(18-7-2)17(4,5)19-12-10-8-9-11-13-19/h15-16,18H,6-14H2,1-5H3. The molecule has 0 bridgehead atoms. The zero-order valence-electron chi connectivity index (χ0n) is 14.0. The molecule has 0 aromatic rings. The molecular formula is C17H36N2. The minimum atomic E-state index is 0.282. The Labute approximate surface area is 121 Å². The largest absolute Gasteiger partial charge is 0.312 e. The van der Waals surface area contributed by atoms with Crippen molar-refractivity contribution in [2.24, 2.45) is 5.92 Å². The summed E-state index contributed by atoms with van der Waals surface area (Å²) >= 11 is 0. The van der Waals surface area contributed by atoms with Gasteiger partial charge in [0.25, 0.3) is 0 Å². The molecular weight excluding hydrogens is 232 g/mol. The molecule has 2 heteroatoms. The lowest BCUT2D eigenvalue weighted by atomic mass is 9.84. The second kappa shape index (κ2) is 8.26. The molecule has 0 amide bonds. The lowest BCUT2D eigenvalue weighted by molar-refractivity contribution is 0.0743.